The van der Waals surface area contributed by atoms with Crippen LogP contribution in [0.15, 0.2) is 60.7 Å². The van der Waals surface area contributed by atoms with E-state index in [9.17, 15) is 0 Å². The molecule has 2 heteroatoms. The van der Waals surface area contributed by atoms with Crippen molar-refractivity contribution >= 4 is 0 Å². The number of benzene rings is 2. The molecule has 0 aromatic heterocycles. The first-order valence-corrected chi connectivity index (χ1v) is 5.68. The van der Waals surface area contributed by atoms with Crippen molar-refractivity contribution < 1.29 is 4.74 Å². The van der Waals surface area contributed by atoms with Crippen LogP contribution in [0, 0.1) is 0 Å². The third-order valence-electron chi connectivity index (χ3n) is 2.59. The molecule has 0 aliphatic rings. The van der Waals surface area contributed by atoms with E-state index in [0.29, 0.717) is 6.54 Å². The average Bonchev–Trinajstić information content (AvgIpc) is 2.42. The minimum Gasteiger partial charge on any atom is -0.361 e. The lowest BCUT2D eigenvalue weighted by Gasteiger charge is -2.15. The molecular formula is C15H16NO. The van der Waals surface area contributed by atoms with Gasteiger partial charge in [-0.25, -0.2) is 5.32 Å². The molecule has 0 saturated heterocycles. The molecular weight excluding hydrogens is 210 g/mol. The molecule has 0 amide bonds. The van der Waals surface area contributed by atoms with Crippen molar-refractivity contribution in [2.75, 3.05) is 7.11 Å². The molecule has 2 nitrogen and oxygen atoms in total. The highest BCUT2D eigenvalue weighted by atomic mass is 16.5. The number of hydrogen-bond donors (Lipinski definition) is 0. The monoisotopic (exact) mass is 226 g/mol. The summed E-state index contributed by atoms with van der Waals surface area (Å²) >= 11 is 0. The van der Waals surface area contributed by atoms with Crippen LogP contribution in [0.25, 0.3) is 0 Å². The summed E-state index contributed by atoms with van der Waals surface area (Å²) in [6.45, 7) is 0.675. The maximum atomic E-state index is 5.39. The molecule has 0 saturated carbocycles. The molecule has 0 N–H and O–H groups in total. The Morgan fingerprint density at radius 1 is 0.941 bits per heavy atom. The van der Waals surface area contributed by atoms with Crippen LogP contribution >= 0.6 is 0 Å². The van der Waals surface area contributed by atoms with Gasteiger partial charge in [-0.15, -0.1) is 0 Å². The van der Waals surface area contributed by atoms with E-state index in [2.05, 4.69) is 17.4 Å². The summed E-state index contributed by atoms with van der Waals surface area (Å²) in [5.41, 5.74) is 2.29. The minimum absolute atomic E-state index is 0.184. The highest BCUT2D eigenvalue weighted by molar-refractivity contribution is 5.18. The van der Waals surface area contributed by atoms with Crippen LogP contribution in [0.4, 0.5) is 0 Å². The largest absolute Gasteiger partial charge is 0.361 e. The van der Waals surface area contributed by atoms with Crippen molar-refractivity contribution in [3.63, 3.8) is 0 Å². The summed E-state index contributed by atoms with van der Waals surface area (Å²) in [7, 11) is 1.69. The topological polar surface area (TPSA) is 23.3 Å². The Bertz CT molecular complexity index is 427. The summed E-state index contributed by atoms with van der Waals surface area (Å²) in [6, 6.07) is 20.2. The van der Waals surface area contributed by atoms with Gasteiger partial charge in [0.1, 0.15) is 6.23 Å². The molecule has 1 radical (unpaired) electrons. The van der Waals surface area contributed by atoms with Gasteiger partial charge in [0.05, 0.1) is 0 Å². The highest BCUT2D eigenvalue weighted by Crippen LogP contribution is 2.15. The molecule has 2 rings (SSSR count). The van der Waals surface area contributed by atoms with Crippen molar-refractivity contribution in [3.05, 3.63) is 71.8 Å². The lowest BCUT2D eigenvalue weighted by Crippen LogP contribution is -2.15. The SMILES string of the molecule is COC([N]Cc1ccccc1)c1ccccc1. The van der Waals surface area contributed by atoms with E-state index in [1.54, 1.807) is 7.11 Å². The minimum atomic E-state index is -0.184. The van der Waals surface area contributed by atoms with E-state index < -0.39 is 0 Å². The van der Waals surface area contributed by atoms with E-state index in [-0.39, 0.29) is 6.23 Å². The maximum Gasteiger partial charge on any atom is 0.149 e. The fraction of sp³-hybridized carbons (Fsp3) is 0.200. The van der Waals surface area contributed by atoms with Gasteiger partial charge >= 0.3 is 0 Å². The van der Waals surface area contributed by atoms with Gasteiger partial charge in [0.25, 0.3) is 0 Å². The zero-order valence-electron chi connectivity index (χ0n) is 9.91. The van der Waals surface area contributed by atoms with Gasteiger partial charge in [-0.3, -0.25) is 0 Å². The Morgan fingerprint density at radius 2 is 1.53 bits per heavy atom. The van der Waals surface area contributed by atoms with Crippen molar-refractivity contribution in [2.24, 2.45) is 0 Å². The summed E-state index contributed by atoms with van der Waals surface area (Å²) in [6.07, 6.45) is -0.184. The van der Waals surface area contributed by atoms with Gasteiger partial charge in [0.2, 0.25) is 0 Å². The van der Waals surface area contributed by atoms with Gasteiger partial charge < -0.3 is 4.74 Å². The van der Waals surface area contributed by atoms with Crippen molar-refractivity contribution in [1.29, 1.82) is 0 Å². The summed E-state index contributed by atoms with van der Waals surface area (Å²) in [4.78, 5) is 0. The number of rotatable bonds is 5. The smallest absolute Gasteiger partial charge is 0.149 e. The first-order chi connectivity index (χ1) is 8.40. The summed E-state index contributed by atoms with van der Waals surface area (Å²) in [5.74, 6) is 0. The van der Waals surface area contributed by atoms with Crippen LogP contribution in [0.3, 0.4) is 0 Å². The number of nitrogens with zero attached hydrogens (tertiary/aromatic N) is 1. The molecule has 0 aliphatic heterocycles. The van der Waals surface area contributed by atoms with Gasteiger partial charge in [0, 0.05) is 13.7 Å². The second-order valence-corrected chi connectivity index (χ2v) is 3.83. The first-order valence-electron chi connectivity index (χ1n) is 5.68. The van der Waals surface area contributed by atoms with Crippen LogP contribution in [0.5, 0.6) is 0 Å². The van der Waals surface area contributed by atoms with E-state index in [1.807, 2.05) is 48.5 Å². The van der Waals surface area contributed by atoms with E-state index in [1.165, 1.54) is 5.56 Å². The van der Waals surface area contributed by atoms with Crippen molar-refractivity contribution in [1.82, 2.24) is 5.32 Å². The second kappa shape index (κ2) is 6.18. The molecule has 0 aliphatic carbocycles. The standard InChI is InChI=1S/C15H16NO/c1-17-15(14-10-6-3-7-11-14)16-12-13-8-4-2-5-9-13/h2-11,15H,12H2,1H3. The number of methoxy groups -OCH3 is 1. The summed E-state index contributed by atoms with van der Waals surface area (Å²) < 4.78 is 5.39. The summed E-state index contributed by atoms with van der Waals surface area (Å²) in [5, 5.41) is 4.56. The molecule has 1 atom stereocenters. The third kappa shape index (κ3) is 3.41. The van der Waals surface area contributed by atoms with Crippen molar-refractivity contribution in [2.45, 2.75) is 12.8 Å². The molecule has 0 fully saturated rings. The molecule has 2 aromatic carbocycles. The van der Waals surface area contributed by atoms with E-state index in [4.69, 9.17) is 4.74 Å². The Hall–Kier alpha value is -1.64. The Kier molecular flexibility index (Phi) is 4.30. The fourth-order valence-electron chi connectivity index (χ4n) is 1.71. The van der Waals surface area contributed by atoms with Gasteiger partial charge in [-0.05, 0) is 11.1 Å². The zero-order valence-corrected chi connectivity index (χ0v) is 9.91. The third-order valence-corrected chi connectivity index (χ3v) is 2.59. The molecule has 2 aromatic rings. The number of hydrogen-bond acceptors (Lipinski definition) is 1. The predicted molar refractivity (Wildman–Crippen MR) is 68.5 cm³/mol. The molecule has 87 valence electrons. The molecule has 17 heavy (non-hydrogen) atoms. The van der Waals surface area contributed by atoms with E-state index in [0.717, 1.165) is 5.56 Å². The average molecular weight is 226 g/mol. The zero-order chi connectivity index (χ0) is 11.9. The van der Waals surface area contributed by atoms with Crippen LogP contribution in [0.2, 0.25) is 0 Å². The fourth-order valence-corrected chi connectivity index (χ4v) is 1.71. The Balaban J connectivity index is 1.97. The molecule has 0 heterocycles. The van der Waals surface area contributed by atoms with Crippen LogP contribution in [-0.2, 0) is 11.3 Å². The number of ether oxygens (including phenoxy) is 1. The lowest BCUT2D eigenvalue weighted by molar-refractivity contribution is 0.0686. The quantitative estimate of drug-likeness (QED) is 0.768. The van der Waals surface area contributed by atoms with Gasteiger partial charge in [-0.2, -0.15) is 0 Å². The van der Waals surface area contributed by atoms with Crippen LogP contribution in [0.1, 0.15) is 17.4 Å². The Morgan fingerprint density at radius 3 is 2.12 bits per heavy atom. The highest BCUT2D eigenvalue weighted by Gasteiger charge is 2.09. The van der Waals surface area contributed by atoms with Gasteiger partial charge in [0.15, 0.2) is 0 Å². The second-order valence-electron chi connectivity index (χ2n) is 3.83. The van der Waals surface area contributed by atoms with E-state index >= 15 is 0 Å². The predicted octanol–water partition coefficient (Wildman–Crippen LogP) is 3.14. The normalized spacial score (nSPS) is 12.3. The van der Waals surface area contributed by atoms with Crippen molar-refractivity contribution in [3.8, 4) is 0 Å². The van der Waals surface area contributed by atoms with Gasteiger partial charge in [-0.1, -0.05) is 60.7 Å². The molecule has 0 spiro atoms. The maximum absolute atomic E-state index is 5.39. The van der Waals surface area contributed by atoms with Crippen LogP contribution < -0.4 is 5.32 Å². The molecule has 1 unspecified atom stereocenters. The Labute approximate surface area is 102 Å². The first kappa shape index (κ1) is 11.8. The molecule has 0 bridgehead atoms. The lowest BCUT2D eigenvalue weighted by atomic mass is 10.2. The van der Waals surface area contributed by atoms with Crippen LogP contribution in [-0.4, -0.2) is 7.11 Å².